The SMILES string of the molecule is COc1ccc(CN2C(=O)c3ccccc3C2=O)cc1C(=O)NNC(=O)c1cn(C)c2ccccc12. The monoisotopic (exact) mass is 482 g/mol. The number of benzene rings is 3. The molecule has 0 spiro atoms. The Hall–Kier alpha value is -4.92. The molecule has 4 amide bonds. The highest BCUT2D eigenvalue weighted by Crippen LogP contribution is 2.26. The van der Waals surface area contributed by atoms with E-state index in [0.717, 1.165) is 15.8 Å². The van der Waals surface area contributed by atoms with Gasteiger partial charge in [-0.05, 0) is 35.9 Å². The van der Waals surface area contributed by atoms with Gasteiger partial charge in [0, 0.05) is 24.1 Å². The Morgan fingerprint density at radius 2 is 1.44 bits per heavy atom. The third kappa shape index (κ3) is 3.86. The first kappa shape index (κ1) is 22.9. The van der Waals surface area contributed by atoms with E-state index in [1.54, 1.807) is 42.6 Å². The Labute approximate surface area is 206 Å². The van der Waals surface area contributed by atoms with Gasteiger partial charge in [0.05, 0.1) is 35.9 Å². The van der Waals surface area contributed by atoms with E-state index >= 15 is 0 Å². The highest BCUT2D eigenvalue weighted by Gasteiger charge is 2.35. The second kappa shape index (κ2) is 9.03. The summed E-state index contributed by atoms with van der Waals surface area (Å²) in [5.41, 5.74) is 7.57. The number of para-hydroxylation sites is 1. The van der Waals surface area contributed by atoms with Crippen molar-refractivity contribution < 1.29 is 23.9 Å². The predicted octanol–water partition coefficient (Wildman–Crippen LogP) is 3.06. The number of hydrazine groups is 1. The van der Waals surface area contributed by atoms with Gasteiger partial charge in [-0.2, -0.15) is 0 Å². The minimum Gasteiger partial charge on any atom is -0.496 e. The Morgan fingerprint density at radius 3 is 2.11 bits per heavy atom. The van der Waals surface area contributed by atoms with Crippen LogP contribution in [0, 0.1) is 0 Å². The van der Waals surface area contributed by atoms with E-state index < -0.39 is 11.8 Å². The van der Waals surface area contributed by atoms with Gasteiger partial charge in [0.25, 0.3) is 23.6 Å². The van der Waals surface area contributed by atoms with Crippen molar-refractivity contribution >= 4 is 34.5 Å². The molecule has 0 radical (unpaired) electrons. The maximum Gasteiger partial charge on any atom is 0.273 e. The number of imide groups is 1. The van der Waals surface area contributed by atoms with E-state index in [9.17, 15) is 19.2 Å². The minimum atomic E-state index is -0.607. The van der Waals surface area contributed by atoms with Crippen molar-refractivity contribution in [3.63, 3.8) is 0 Å². The lowest BCUT2D eigenvalue weighted by molar-refractivity contribution is 0.0642. The fourth-order valence-electron chi connectivity index (χ4n) is 4.37. The Bertz CT molecular complexity index is 1520. The number of rotatable bonds is 5. The van der Waals surface area contributed by atoms with E-state index in [2.05, 4.69) is 10.9 Å². The topological polar surface area (TPSA) is 110 Å². The van der Waals surface area contributed by atoms with Gasteiger partial charge in [0.2, 0.25) is 0 Å². The van der Waals surface area contributed by atoms with E-state index in [1.165, 1.54) is 13.2 Å². The molecule has 36 heavy (non-hydrogen) atoms. The lowest BCUT2D eigenvalue weighted by atomic mass is 10.1. The fraction of sp³-hybridized carbons (Fsp3) is 0.111. The normalized spacial score (nSPS) is 12.6. The molecule has 0 fully saturated rings. The number of ether oxygens (including phenoxy) is 1. The van der Waals surface area contributed by atoms with Crippen molar-refractivity contribution in [2.24, 2.45) is 7.05 Å². The molecule has 2 heterocycles. The standard InChI is InChI=1S/C27H22N4O5/c1-30-15-21(17-7-5-6-10-22(17)30)25(33)29-28-24(32)20-13-16(11-12-23(20)36-2)14-31-26(34)18-8-3-4-9-19(18)27(31)35/h3-13,15H,14H2,1-2H3,(H,28,32)(H,29,33). The number of nitrogens with zero attached hydrogens (tertiary/aromatic N) is 2. The van der Waals surface area contributed by atoms with E-state index in [4.69, 9.17) is 4.74 Å². The molecule has 5 rings (SSSR count). The van der Waals surface area contributed by atoms with Gasteiger partial charge >= 0.3 is 0 Å². The first-order valence-electron chi connectivity index (χ1n) is 11.2. The molecule has 3 aromatic carbocycles. The lowest BCUT2D eigenvalue weighted by Crippen LogP contribution is -2.41. The molecular formula is C27H22N4O5. The molecular weight excluding hydrogens is 460 g/mol. The van der Waals surface area contributed by atoms with Crippen LogP contribution < -0.4 is 15.6 Å². The smallest absolute Gasteiger partial charge is 0.273 e. The van der Waals surface area contributed by atoms with Crippen LogP contribution in [0.2, 0.25) is 0 Å². The fourth-order valence-corrected chi connectivity index (χ4v) is 4.37. The molecule has 1 aliphatic rings. The maximum absolute atomic E-state index is 13.0. The molecule has 0 saturated heterocycles. The summed E-state index contributed by atoms with van der Waals surface area (Å²) in [6, 6.07) is 18.9. The molecule has 9 heteroatoms. The molecule has 0 bridgehead atoms. The van der Waals surface area contributed by atoms with Gasteiger partial charge in [0.1, 0.15) is 5.75 Å². The summed E-state index contributed by atoms with van der Waals surface area (Å²) in [7, 11) is 3.26. The van der Waals surface area contributed by atoms with E-state index in [1.807, 2.05) is 35.9 Å². The van der Waals surface area contributed by atoms with Gasteiger partial charge in [-0.1, -0.05) is 36.4 Å². The van der Waals surface area contributed by atoms with Crippen molar-refractivity contribution in [1.29, 1.82) is 0 Å². The minimum absolute atomic E-state index is 0.0149. The average Bonchev–Trinajstić information content (AvgIpc) is 3.37. The molecule has 2 N–H and O–H groups in total. The zero-order valence-electron chi connectivity index (χ0n) is 19.6. The van der Waals surface area contributed by atoms with Crippen LogP contribution in [0.1, 0.15) is 47.0 Å². The first-order valence-corrected chi connectivity index (χ1v) is 11.2. The quantitative estimate of drug-likeness (QED) is 0.336. The van der Waals surface area contributed by atoms with Gasteiger partial charge in [-0.25, -0.2) is 0 Å². The molecule has 0 aliphatic carbocycles. The lowest BCUT2D eigenvalue weighted by Gasteiger charge is -2.16. The van der Waals surface area contributed by atoms with Gasteiger partial charge in [0.15, 0.2) is 0 Å². The summed E-state index contributed by atoms with van der Waals surface area (Å²) in [6.45, 7) is -0.0149. The van der Waals surface area contributed by atoms with Crippen LogP contribution >= 0.6 is 0 Å². The molecule has 1 aromatic heterocycles. The molecule has 0 unspecified atom stereocenters. The molecule has 9 nitrogen and oxygen atoms in total. The molecule has 4 aromatic rings. The summed E-state index contributed by atoms with van der Waals surface area (Å²) in [4.78, 5) is 52.3. The maximum atomic E-state index is 13.0. The number of hydrogen-bond acceptors (Lipinski definition) is 5. The molecule has 0 saturated carbocycles. The molecule has 1 aliphatic heterocycles. The number of carbonyl (C=O) groups excluding carboxylic acids is 4. The second-order valence-electron chi connectivity index (χ2n) is 8.36. The van der Waals surface area contributed by atoms with Gasteiger partial charge in [-0.15, -0.1) is 0 Å². The molecule has 180 valence electrons. The second-order valence-corrected chi connectivity index (χ2v) is 8.36. The number of methoxy groups -OCH3 is 1. The van der Waals surface area contributed by atoms with E-state index in [0.29, 0.717) is 22.3 Å². The van der Waals surface area contributed by atoms with Crippen molar-refractivity contribution in [3.8, 4) is 5.75 Å². The predicted molar refractivity (Wildman–Crippen MR) is 131 cm³/mol. The number of aromatic nitrogens is 1. The van der Waals surface area contributed by atoms with Crippen LogP contribution in [0.3, 0.4) is 0 Å². The number of amides is 4. The largest absolute Gasteiger partial charge is 0.496 e. The number of aryl methyl sites for hydroxylation is 1. The summed E-state index contributed by atoms with van der Waals surface area (Å²) < 4.78 is 7.14. The number of nitrogens with one attached hydrogen (secondary N) is 2. The number of fused-ring (bicyclic) bond motifs is 2. The summed E-state index contributed by atoms with van der Waals surface area (Å²) in [5, 5.41) is 0.757. The van der Waals surface area contributed by atoms with Crippen LogP contribution in [-0.4, -0.2) is 40.2 Å². The van der Waals surface area contributed by atoms with Crippen LogP contribution in [0.15, 0.2) is 72.9 Å². The van der Waals surface area contributed by atoms with Gasteiger partial charge in [-0.3, -0.25) is 34.9 Å². The summed E-state index contributed by atoms with van der Waals surface area (Å²) >= 11 is 0. The highest BCUT2D eigenvalue weighted by atomic mass is 16.5. The summed E-state index contributed by atoms with van der Waals surface area (Å²) in [5.74, 6) is -1.58. The van der Waals surface area contributed by atoms with Crippen molar-refractivity contribution in [1.82, 2.24) is 20.3 Å². The van der Waals surface area contributed by atoms with Gasteiger partial charge < -0.3 is 9.30 Å². The van der Waals surface area contributed by atoms with Crippen LogP contribution in [0.25, 0.3) is 10.9 Å². The first-order chi connectivity index (χ1) is 17.4. The van der Waals surface area contributed by atoms with E-state index in [-0.39, 0.29) is 29.7 Å². The van der Waals surface area contributed by atoms with Crippen molar-refractivity contribution in [2.75, 3.05) is 7.11 Å². The third-order valence-electron chi connectivity index (χ3n) is 6.16. The zero-order valence-corrected chi connectivity index (χ0v) is 19.6. The Balaban J connectivity index is 1.33. The van der Waals surface area contributed by atoms with Crippen molar-refractivity contribution in [3.05, 3.63) is 101 Å². The van der Waals surface area contributed by atoms with Crippen LogP contribution in [0.5, 0.6) is 5.75 Å². The van der Waals surface area contributed by atoms with Crippen molar-refractivity contribution in [2.45, 2.75) is 6.54 Å². The number of hydrogen-bond donors (Lipinski definition) is 2. The third-order valence-corrected chi connectivity index (χ3v) is 6.16. The molecule has 0 atom stereocenters. The Kier molecular flexibility index (Phi) is 5.73. The summed E-state index contributed by atoms with van der Waals surface area (Å²) in [6.07, 6.45) is 1.69. The zero-order chi connectivity index (χ0) is 25.4. The van der Waals surface area contributed by atoms with Crippen LogP contribution in [0.4, 0.5) is 0 Å². The van der Waals surface area contributed by atoms with Crippen LogP contribution in [-0.2, 0) is 13.6 Å². The Morgan fingerprint density at radius 1 is 0.833 bits per heavy atom. The average molecular weight is 482 g/mol. The number of carbonyl (C=O) groups is 4. The highest BCUT2D eigenvalue weighted by molar-refractivity contribution is 6.21.